The summed E-state index contributed by atoms with van der Waals surface area (Å²) in [5, 5.41) is 9.62. The SMILES string of the molecule is CCOc1cc(/C=C(\C#N)c2ccc(OC)cc2)ccc1OCc1ccc(Br)cc1. The van der Waals surface area contributed by atoms with Crippen LogP contribution in [0.1, 0.15) is 23.6 Å². The predicted molar refractivity (Wildman–Crippen MR) is 123 cm³/mol. The first-order chi connectivity index (χ1) is 14.6. The van der Waals surface area contributed by atoms with Crippen molar-refractivity contribution in [1.29, 1.82) is 5.26 Å². The maximum atomic E-state index is 9.62. The summed E-state index contributed by atoms with van der Waals surface area (Å²) in [4.78, 5) is 0. The number of hydrogen-bond donors (Lipinski definition) is 0. The monoisotopic (exact) mass is 463 g/mol. The van der Waals surface area contributed by atoms with E-state index in [1.165, 1.54) is 0 Å². The lowest BCUT2D eigenvalue weighted by Crippen LogP contribution is -2.00. The van der Waals surface area contributed by atoms with E-state index in [1.807, 2.05) is 79.7 Å². The number of methoxy groups -OCH3 is 1. The highest BCUT2D eigenvalue weighted by atomic mass is 79.9. The van der Waals surface area contributed by atoms with E-state index in [2.05, 4.69) is 22.0 Å². The van der Waals surface area contributed by atoms with Crippen molar-refractivity contribution < 1.29 is 14.2 Å². The molecular formula is C25H22BrNO3. The molecule has 0 aliphatic carbocycles. The smallest absolute Gasteiger partial charge is 0.161 e. The zero-order valence-electron chi connectivity index (χ0n) is 16.9. The minimum Gasteiger partial charge on any atom is -0.497 e. The average molecular weight is 464 g/mol. The zero-order valence-corrected chi connectivity index (χ0v) is 18.5. The van der Waals surface area contributed by atoms with Gasteiger partial charge in [0.1, 0.15) is 12.4 Å². The van der Waals surface area contributed by atoms with Crippen LogP contribution in [0.15, 0.2) is 71.2 Å². The Morgan fingerprint density at radius 2 is 1.70 bits per heavy atom. The van der Waals surface area contributed by atoms with Crippen LogP contribution in [0.4, 0.5) is 0 Å². The fraction of sp³-hybridized carbons (Fsp3) is 0.160. The summed E-state index contributed by atoms with van der Waals surface area (Å²) in [6.07, 6.45) is 1.84. The first-order valence-electron chi connectivity index (χ1n) is 9.53. The second kappa shape index (κ2) is 10.5. The van der Waals surface area contributed by atoms with E-state index in [4.69, 9.17) is 14.2 Å². The van der Waals surface area contributed by atoms with E-state index in [1.54, 1.807) is 7.11 Å². The zero-order chi connectivity index (χ0) is 21.3. The summed E-state index contributed by atoms with van der Waals surface area (Å²) in [6, 6.07) is 23.3. The maximum absolute atomic E-state index is 9.62. The molecule has 152 valence electrons. The lowest BCUT2D eigenvalue weighted by atomic mass is 10.0. The Morgan fingerprint density at radius 1 is 0.967 bits per heavy atom. The van der Waals surface area contributed by atoms with Crippen LogP contribution in [-0.4, -0.2) is 13.7 Å². The Hall–Kier alpha value is -3.23. The Bertz CT molecular complexity index is 1050. The Labute approximate surface area is 185 Å². The second-order valence-electron chi connectivity index (χ2n) is 6.45. The summed E-state index contributed by atoms with van der Waals surface area (Å²) in [5.74, 6) is 2.07. The van der Waals surface area contributed by atoms with E-state index >= 15 is 0 Å². The third kappa shape index (κ3) is 5.65. The number of halogens is 1. The molecular weight excluding hydrogens is 442 g/mol. The average Bonchev–Trinajstić information content (AvgIpc) is 2.78. The van der Waals surface area contributed by atoms with Gasteiger partial charge in [-0.3, -0.25) is 0 Å². The van der Waals surface area contributed by atoms with Crippen molar-refractivity contribution in [2.45, 2.75) is 13.5 Å². The topological polar surface area (TPSA) is 51.5 Å². The van der Waals surface area contributed by atoms with Crippen molar-refractivity contribution in [3.8, 4) is 23.3 Å². The molecule has 0 saturated heterocycles. The van der Waals surface area contributed by atoms with Crippen molar-refractivity contribution in [1.82, 2.24) is 0 Å². The molecule has 4 nitrogen and oxygen atoms in total. The predicted octanol–water partition coefficient (Wildman–Crippen LogP) is 6.50. The van der Waals surface area contributed by atoms with Gasteiger partial charge in [-0.15, -0.1) is 0 Å². The summed E-state index contributed by atoms with van der Waals surface area (Å²) in [6.45, 7) is 2.89. The molecule has 0 atom stereocenters. The summed E-state index contributed by atoms with van der Waals surface area (Å²) in [5.41, 5.74) is 3.31. The fourth-order valence-corrected chi connectivity index (χ4v) is 3.13. The number of nitriles is 1. The summed E-state index contributed by atoms with van der Waals surface area (Å²) in [7, 11) is 1.62. The van der Waals surface area contributed by atoms with Crippen LogP contribution >= 0.6 is 15.9 Å². The number of allylic oxidation sites excluding steroid dienone is 1. The molecule has 3 aromatic rings. The summed E-state index contributed by atoms with van der Waals surface area (Å²) < 4.78 is 18.0. The van der Waals surface area contributed by atoms with Crippen molar-refractivity contribution >= 4 is 27.6 Å². The minimum atomic E-state index is 0.442. The molecule has 0 unspecified atom stereocenters. The van der Waals surface area contributed by atoms with Crippen LogP contribution in [0.5, 0.6) is 17.2 Å². The van der Waals surface area contributed by atoms with E-state index in [0.29, 0.717) is 30.3 Å². The highest BCUT2D eigenvalue weighted by Gasteiger charge is 2.08. The van der Waals surface area contributed by atoms with Crippen LogP contribution in [0.3, 0.4) is 0 Å². The van der Waals surface area contributed by atoms with Gasteiger partial charge in [0.2, 0.25) is 0 Å². The van der Waals surface area contributed by atoms with Gasteiger partial charge in [0.15, 0.2) is 11.5 Å². The highest BCUT2D eigenvalue weighted by molar-refractivity contribution is 9.10. The van der Waals surface area contributed by atoms with Crippen molar-refractivity contribution in [3.63, 3.8) is 0 Å². The summed E-state index contributed by atoms with van der Waals surface area (Å²) >= 11 is 3.44. The van der Waals surface area contributed by atoms with Crippen LogP contribution in [0.25, 0.3) is 11.6 Å². The third-order valence-electron chi connectivity index (χ3n) is 4.41. The number of rotatable bonds is 8. The van der Waals surface area contributed by atoms with Gasteiger partial charge in [-0.1, -0.05) is 34.1 Å². The molecule has 0 N–H and O–H groups in total. The molecule has 3 rings (SSSR count). The molecule has 0 radical (unpaired) electrons. The molecule has 0 aromatic heterocycles. The third-order valence-corrected chi connectivity index (χ3v) is 4.94. The van der Waals surface area contributed by atoms with Crippen LogP contribution < -0.4 is 14.2 Å². The molecule has 0 saturated carbocycles. The molecule has 0 fully saturated rings. The quantitative estimate of drug-likeness (QED) is 0.282. The standard InChI is InChI=1S/C25H22BrNO3/c1-3-29-25-15-19(14-21(16-27)20-7-11-23(28-2)12-8-20)6-13-24(25)30-17-18-4-9-22(26)10-5-18/h4-15H,3,17H2,1-2H3/b21-14+. The number of benzene rings is 3. The van der Waals surface area contributed by atoms with E-state index < -0.39 is 0 Å². The van der Waals surface area contributed by atoms with Gasteiger partial charge in [-0.2, -0.15) is 5.26 Å². The molecule has 0 aliphatic rings. The Morgan fingerprint density at radius 3 is 2.33 bits per heavy atom. The van der Waals surface area contributed by atoms with Crippen molar-refractivity contribution in [2.75, 3.05) is 13.7 Å². The lowest BCUT2D eigenvalue weighted by molar-refractivity contribution is 0.269. The minimum absolute atomic E-state index is 0.442. The molecule has 0 aliphatic heterocycles. The van der Waals surface area contributed by atoms with Gasteiger partial charge >= 0.3 is 0 Å². The highest BCUT2D eigenvalue weighted by Crippen LogP contribution is 2.31. The van der Waals surface area contributed by atoms with Gasteiger partial charge in [0.05, 0.1) is 25.4 Å². The Balaban J connectivity index is 1.82. The number of hydrogen-bond acceptors (Lipinski definition) is 4. The van der Waals surface area contributed by atoms with Crippen molar-refractivity contribution in [2.24, 2.45) is 0 Å². The number of nitrogens with zero attached hydrogens (tertiary/aromatic N) is 1. The van der Waals surface area contributed by atoms with Gasteiger partial charge in [0.25, 0.3) is 0 Å². The normalized spacial score (nSPS) is 10.9. The molecule has 3 aromatic carbocycles. The van der Waals surface area contributed by atoms with Crippen LogP contribution in [0.2, 0.25) is 0 Å². The first kappa shape index (κ1) is 21.5. The molecule has 0 amide bonds. The number of ether oxygens (including phenoxy) is 3. The Kier molecular flexibility index (Phi) is 7.53. The molecule has 5 heteroatoms. The van der Waals surface area contributed by atoms with Crippen LogP contribution in [-0.2, 0) is 6.61 Å². The largest absolute Gasteiger partial charge is 0.497 e. The van der Waals surface area contributed by atoms with E-state index in [9.17, 15) is 5.26 Å². The van der Waals surface area contributed by atoms with Gasteiger partial charge in [-0.25, -0.2) is 0 Å². The second-order valence-corrected chi connectivity index (χ2v) is 7.37. The van der Waals surface area contributed by atoms with Gasteiger partial charge in [0, 0.05) is 4.47 Å². The van der Waals surface area contributed by atoms with Gasteiger partial charge < -0.3 is 14.2 Å². The van der Waals surface area contributed by atoms with E-state index in [0.717, 1.165) is 26.9 Å². The lowest BCUT2D eigenvalue weighted by Gasteiger charge is -2.13. The van der Waals surface area contributed by atoms with Gasteiger partial charge in [-0.05, 0) is 78.2 Å². The van der Waals surface area contributed by atoms with E-state index in [-0.39, 0.29) is 0 Å². The molecule has 0 heterocycles. The molecule has 30 heavy (non-hydrogen) atoms. The molecule has 0 spiro atoms. The maximum Gasteiger partial charge on any atom is 0.161 e. The fourth-order valence-electron chi connectivity index (χ4n) is 2.86. The van der Waals surface area contributed by atoms with Crippen molar-refractivity contribution in [3.05, 3.63) is 87.9 Å². The van der Waals surface area contributed by atoms with Crippen LogP contribution in [0, 0.1) is 11.3 Å². The first-order valence-corrected chi connectivity index (χ1v) is 10.3. The molecule has 0 bridgehead atoms.